The molecule has 1 aromatic carbocycles. The van der Waals surface area contributed by atoms with E-state index in [1.807, 2.05) is 0 Å². The maximum atomic E-state index is 12.5. The van der Waals surface area contributed by atoms with Gasteiger partial charge in [0.05, 0.1) is 11.3 Å². The Balaban J connectivity index is 3.02. The molecule has 1 unspecified atom stereocenters. The van der Waals surface area contributed by atoms with E-state index in [4.69, 9.17) is 5.11 Å². The van der Waals surface area contributed by atoms with Gasteiger partial charge in [-0.1, -0.05) is 13.0 Å². The summed E-state index contributed by atoms with van der Waals surface area (Å²) in [4.78, 5) is 24.9. The number of sulfone groups is 1. The van der Waals surface area contributed by atoms with Crippen LogP contribution in [0.1, 0.15) is 41.5 Å². The fourth-order valence-electron chi connectivity index (χ4n) is 2.18. The third kappa shape index (κ3) is 4.56. The fourth-order valence-corrected chi connectivity index (χ4v) is 3.33. The van der Waals surface area contributed by atoms with Crippen LogP contribution in [-0.4, -0.2) is 54.4 Å². The standard InChI is InChI=1S/C15H21NO5S/c1-4-16(11(3)10-22(20,21)5-2)14(17)12-7-6-8-13(9-12)15(18)19/h6-9,11H,4-5,10H2,1-3H3,(H,18,19). The van der Waals surface area contributed by atoms with E-state index in [1.165, 1.54) is 29.2 Å². The molecule has 1 atom stereocenters. The molecule has 0 saturated carbocycles. The number of carboxylic acids is 1. The van der Waals surface area contributed by atoms with Gasteiger partial charge in [0, 0.05) is 23.9 Å². The average Bonchev–Trinajstić information content (AvgIpc) is 2.47. The van der Waals surface area contributed by atoms with E-state index in [2.05, 4.69) is 0 Å². The molecule has 0 fully saturated rings. The first-order valence-electron chi connectivity index (χ1n) is 7.06. The number of hydrogen-bond acceptors (Lipinski definition) is 4. The molecule has 0 spiro atoms. The van der Waals surface area contributed by atoms with Crippen molar-refractivity contribution >= 4 is 21.7 Å². The van der Waals surface area contributed by atoms with Crippen LogP contribution in [0.25, 0.3) is 0 Å². The molecule has 1 aromatic rings. The highest BCUT2D eigenvalue weighted by molar-refractivity contribution is 7.91. The first kappa shape index (κ1) is 18.2. The van der Waals surface area contributed by atoms with Gasteiger partial charge in [0.1, 0.15) is 0 Å². The number of nitrogens with zero attached hydrogens (tertiary/aromatic N) is 1. The summed E-state index contributed by atoms with van der Waals surface area (Å²) in [6.45, 7) is 5.34. The van der Waals surface area contributed by atoms with Gasteiger partial charge in [-0.05, 0) is 32.0 Å². The fraction of sp³-hybridized carbons (Fsp3) is 0.467. The molecule has 0 saturated heterocycles. The third-order valence-electron chi connectivity index (χ3n) is 3.43. The molecule has 0 aliphatic carbocycles. The van der Waals surface area contributed by atoms with Gasteiger partial charge < -0.3 is 10.0 Å². The molecule has 1 N–H and O–H groups in total. The predicted molar refractivity (Wildman–Crippen MR) is 83.9 cm³/mol. The molecule has 0 aromatic heterocycles. The number of carboxylic acid groups (broad SMARTS) is 1. The van der Waals surface area contributed by atoms with Gasteiger partial charge in [0.25, 0.3) is 5.91 Å². The Labute approximate surface area is 130 Å². The van der Waals surface area contributed by atoms with Gasteiger partial charge in [-0.25, -0.2) is 13.2 Å². The lowest BCUT2D eigenvalue weighted by Crippen LogP contribution is -2.42. The summed E-state index contributed by atoms with van der Waals surface area (Å²) in [6, 6.07) is 5.25. The summed E-state index contributed by atoms with van der Waals surface area (Å²) >= 11 is 0. The van der Waals surface area contributed by atoms with Crippen molar-refractivity contribution in [1.29, 1.82) is 0 Å². The van der Waals surface area contributed by atoms with Crippen molar-refractivity contribution in [2.24, 2.45) is 0 Å². The van der Waals surface area contributed by atoms with Gasteiger partial charge in [-0.15, -0.1) is 0 Å². The van der Waals surface area contributed by atoms with E-state index in [0.29, 0.717) is 6.54 Å². The Morgan fingerprint density at radius 3 is 2.32 bits per heavy atom. The molecular formula is C15H21NO5S. The summed E-state index contributed by atoms with van der Waals surface area (Å²) in [5.74, 6) is -1.57. The molecule has 0 radical (unpaired) electrons. The Hall–Kier alpha value is -1.89. The number of hydrogen-bond donors (Lipinski definition) is 1. The zero-order valence-electron chi connectivity index (χ0n) is 12.9. The van der Waals surface area contributed by atoms with Crippen LogP contribution in [0.3, 0.4) is 0 Å². The number of rotatable bonds is 7. The van der Waals surface area contributed by atoms with E-state index in [0.717, 1.165) is 0 Å². The van der Waals surface area contributed by atoms with E-state index in [-0.39, 0.29) is 28.5 Å². The van der Waals surface area contributed by atoms with Crippen molar-refractivity contribution < 1.29 is 23.1 Å². The Bertz CT molecular complexity index is 654. The summed E-state index contributed by atoms with van der Waals surface area (Å²) in [5, 5.41) is 8.98. The van der Waals surface area contributed by atoms with Crippen LogP contribution in [0.2, 0.25) is 0 Å². The molecule has 22 heavy (non-hydrogen) atoms. The molecule has 1 amide bonds. The van der Waals surface area contributed by atoms with E-state index < -0.39 is 21.8 Å². The normalized spacial score (nSPS) is 12.7. The first-order chi connectivity index (χ1) is 10.2. The van der Waals surface area contributed by atoms with Crippen LogP contribution < -0.4 is 0 Å². The quantitative estimate of drug-likeness (QED) is 0.822. The van der Waals surface area contributed by atoms with Crippen LogP contribution in [0.4, 0.5) is 0 Å². The maximum absolute atomic E-state index is 12.5. The molecule has 7 heteroatoms. The van der Waals surface area contributed by atoms with Gasteiger partial charge in [-0.3, -0.25) is 4.79 Å². The number of carbonyl (C=O) groups excluding carboxylic acids is 1. The molecular weight excluding hydrogens is 306 g/mol. The van der Waals surface area contributed by atoms with Crippen LogP contribution in [0, 0.1) is 0 Å². The maximum Gasteiger partial charge on any atom is 0.335 e. The van der Waals surface area contributed by atoms with Crippen LogP contribution in [0.5, 0.6) is 0 Å². The second-order valence-corrected chi connectivity index (χ2v) is 7.42. The Morgan fingerprint density at radius 1 is 1.23 bits per heavy atom. The smallest absolute Gasteiger partial charge is 0.335 e. The second kappa shape index (κ2) is 7.40. The van der Waals surface area contributed by atoms with Crippen LogP contribution >= 0.6 is 0 Å². The summed E-state index contributed by atoms with van der Waals surface area (Å²) in [7, 11) is -3.20. The van der Waals surface area contributed by atoms with Crippen molar-refractivity contribution in [1.82, 2.24) is 4.90 Å². The van der Waals surface area contributed by atoms with Crippen molar-refractivity contribution in [2.75, 3.05) is 18.1 Å². The minimum atomic E-state index is -3.20. The zero-order valence-corrected chi connectivity index (χ0v) is 13.8. The van der Waals surface area contributed by atoms with Gasteiger partial charge in [-0.2, -0.15) is 0 Å². The third-order valence-corrected chi connectivity index (χ3v) is 5.29. The molecule has 0 heterocycles. The van der Waals surface area contributed by atoms with Gasteiger partial charge >= 0.3 is 5.97 Å². The van der Waals surface area contributed by atoms with E-state index in [1.54, 1.807) is 20.8 Å². The zero-order chi connectivity index (χ0) is 16.9. The van der Waals surface area contributed by atoms with Gasteiger partial charge in [0.2, 0.25) is 0 Å². The summed E-state index contributed by atoms with van der Waals surface area (Å²) in [5.41, 5.74) is 0.262. The number of benzene rings is 1. The van der Waals surface area contributed by atoms with Crippen LogP contribution in [-0.2, 0) is 9.84 Å². The first-order valence-corrected chi connectivity index (χ1v) is 8.88. The van der Waals surface area contributed by atoms with Crippen LogP contribution in [0.15, 0.2) is 24.3 Å². The molecule has 122 valence electrons. The van der Waals surface area contributed by atoms with E-state index >= 15 is 0 Å². The second-order valence-electron chi connectivity index (χ2n) is 5.03. The number of aromatic carboxylic acids is 1. The highest BCUT2D eigenvalue weighted by Gasteiger charge is 2.24. The lowest BCUT2D eigenvalue weighted by atomic mass is 10.1. The number of amides is 1. The minimum Gasteiger partial charge on any atom is -0.478 e. The molecule has 0 bridgehead atoms. The highest BCUT2D eigenvalue weighted by atomic mass is 32.2. The molecule has 0 aliphatic heterocycles. The summed E-state index contributed by atoms with van der Waals surface area (Å²) in [6.07, 6.45) is 0. The van der Waals surface area contributed by atoms with Crippen molar-refractivity contribution in [3.05, 3.63) is 35.4 Å². The lowest BCUT2D eigenvalue weighted by molar-refractivity contribution is 0.0697. The van der Waals surface area contributed by atoms with Crippen molar-refractivity contribution in [3.63, 3.8) is 0 Å². The summed E-state index contributed by atoms with van der Waals surface area (Å²) < 4.78 is 23.4. The Morgan fingerprint density at radius 2 is 1.82 bits per heavy atom. The van der Waals surface area contributed by atoms with Gasteiger partial charge in [0.15, 0.2) is 9.84 Å². The van der Waals surface area contributed by atoms with Crippen molar-refractivity contribution in [2.45, 2.75) is 26.8 Å². The predicted octanol–water partition coefficient (Wildman–Crippen LogP) is 1.67. The number of carbonyl (C=O) groups is 2. The Kier molecular flexibility index (Phi) is 6.11. The average molecular weight is 327 g/mol. The highest BCUT2D eigenvalue weighted by Crippen LogP contribution is 2.12. The lowest BCUT2D eigenvalue weighted by Gasteiger charge is -2.28. The molecule has 6 nitrogen and oxygen atoms in total. The largest absolute Gasteiger partial charge is 0.478 e. The SMILES string of the molecule is CCN(C(=O)c1cccc(C(=O)O)c1)C(C)CS(=O)(=O)CC. The van der Waals surface area contributed by atoms with Crippen molar-refractivity contribution in [3.8, 4) is 0 Å². The minimum absolute atomic E-state index is 0.0238. The van der Waals surface area contributed by atoms with E-state index in [9.17, 15) is 18.0 Å². The molecule has 0 aliphatic rings. The molecule has 1 rings (SSSR count). The monoisotopic (exact) mass is 327 g/mol. The topological polar surface area (TPSA) is 91.8 Å².